The van der Waals surface area contributed by atoms with Crippen molar-refractivity contribution in [3.05, 3.63) is 0 Å². The first-order chi connectivity index (χ1) is 2.00. The molecule has 0 atom stereocenters. The third-order valence-electron chi connectivity index (χ3n) is 0. The van der Waals surface area contributed by atoms with Gasteiger partial charge in [0.15, 0.2) is 0 Å². The van der Waals surface area contributed by atoms with Crippen LogP contribution in [0.25, 0.3) is 0 Å². The molecule has 6 heteroatoms. The minimum atomic E-state index is -4.61. The molecule has 0 aromatic heterocycles. The largest absolute Gasteiger partial charge is 0.668 e. The topological polar surface area (TPSA) is 80.9 Å². The van der Waals surface area contributed by atoms with Gasteiger partial charge < -0.3 is 19.2 Å². The van der Waals surface area contributed by atoms with Crippen LogP contribution >= 0.6 is 0 Å². The van der Waals surface area contributed by atoms with Gasteiger partial charge in [-0.05, 0) is 0 Å². The predicted molar refractivity (Wildman–Crippen MR) is 14.6 cm³/mol. The Kier molecular flexibility index (Phi) is 4.39. The molecule has 0 saturated carbocycles. The van der Waals surface area contributed by atoms with Gasteiger partial charge in [-0.3, -0.25) is 0 Å². The van der Waals surface area contributed by atoms with Crippen molar-refractivity contribution in [1.82, 2.24) is 0 Å². The molecular formula is H4MnO4Si. The summed E-state index contributed by atoms with van der Waals surface area (Å²) in [5, 5.41) is 0. The van der Waals surface area contributed by atoms with Crippen LogP contribution in [-0.2, 0) is 17.1 Å². The molecule has 0 heterocycles. The fraction of sp³-hybridized carbons (Fsp3) is 0. The van der Waals surface area contributed by atoms with Crippen molar-refractivity contribution in [3.63, 3.8) is 0 Å². The molecule has 6 heavy (non-hydrogen) atoms. The third-order valence-corrected chi connectivity index (χ3v) is 0. The first-order valence-electron chi connectivity index (χ1n) is 0.894. The van der Waals surface area contributed by atoms with E-state index in [2.05, 4.69) is 0 Å². The van der Waals surface area contributed by atoms with E-state index in [0.717, 1.165) is 0 Å². The van der Waals surface area contributed by atoms with Gasteiger partial charge in [-0.2, -0.15) is 0 Å². The van der Waals surface area contributed by atoms with Crippen LogP contribution in [0.3, 0.4) is 0 Å². The van der Waals surface area contributed by atoms with Crippen LogP contribution < -0.4 is 0 Å². The summed E-state index contributed by atoms with van der Waals surface area (Å²) in [7, 11) is -4.61. The summed E-state index contributed by atoms with van der Waals surface area (Å²) in [6.07, 6.45) is 0. The van der Waals surface area contributed by atoms with Crippen molar-refractivity contribution in [2.45, 2.75) is 0 Å². The summed E-state index contributed by atoms with van der Waals surface area (Å²) in [5.74, 6) is 0. The van der Waals surface area contributed by atoms with E-state index in [1.807, 2.05) is 0 Å². The van der Waals surface area contributed by atoms with Crippen LogP contribution in [0, 0.1) is 0 Å². The van der Waals surface area contributed by atoms with Crippen LogP contribution in [0.2, 0.25) is 0 Å². The quantitative estimate of drug-likeness (QED) is 0.286. The fourth-order valence-corrected chi connectivity index (χ4v) is 0. The maximum atomic E-state index is 7.33. The molecule has 39 valence electrons. The Labute approximate surface area is 46.0 Å². The Bertz CT molecular complexity index is 23.0. The number of rotatable bonds is 0. The second-order valence-corrected chi connectivity index (χ2v) is 1.80. The molecule has 0 spiro atoms. The van der Waals surface area contributed by atoms with Crippen molar-refractivity contribution >= 4 is 9.05 Å². The van der Waals surface area contributed by atoms with Gasteiger partial charge in [0, 0.05) is 17.1 Å². The van der Waals surface area contributed by atoms with Gasteiger partial charge in [0.25, 0.3) is 0 Å². The second-order valence-electron chi connectivity index (χ2n) is 0.600. The van der Waals surface area contributed by atoms with Crippen molar-refractivity contribution in [1.29, 1.82) is 0 Å². The summed E-state index contributed by atoms with van der Waals surface area (Å²) in [6, 6.07) is 0. The van der Waals surface area contributed by atoms with E-state index in [4.69, 9.17) is 19.2 Å². The fourth-order valence-electron chi connectivity index (χ4n) is 0. The minimum Gasteiger partial charge on any atom is -0.368 e. The molecule has 0 unspecified atom stereocenters. The minimum absolute atomic E-state index is 0. The molecular weight excluding hydrogens is 147 g/mol. The molecule has 0 rings (SSSR count). The first kappa shape index (κ1) is 9.76. The average Bonchev–Trinajstić information content (AvgIpc) is 0.722. The summed E-state index contributed by atoms with van der Waals surface area (Å²) < 4.78 is 0. The summed E-state index contributed by atoms with van der Waals surface area (Å²) in [5.41, 5.74) is 0. The zero-order chi connectivity index (χ0) is 4.50. The zero-order valence-electron chi connectivity index (χ0n) is 2.67. The van der Waals surface area contributed by atoms with E-state index >= 15 is 0 Å². The van der Waals surface area contributed by atoms with Gasteiger partial charge in [-0.1, -0.05) is 0 Å². The molecule has 1 radical (unpaired) electrons. The van der Waals surface area contributed by atoms with Crippen LogP contribution in [0.15, 0.2) is 0 Å². The normalized spacial score (nSPS) is 10.0. The van der Waals surface area contributed by atoms with Crippen molar-refractivity contribution < 1.29 is 36.3 Å². The average molecular weight is 151 g/mol. The molecule has 0 saturated heterocycles. The summed E-state index contributed by atoms with van der Waals surface area (Å²) in [6.45, 7) is 0. The van der Waals surface area contributed by atoms with E-state index in [1.54, 1.807) is 0 Å². The molecule has 0 amide bonds. The smallest absolute Gasteiger partial charge is 0.368 e. The third kappa shape index (κ3) is 176. The van der Waals surface area contributed by atoms with Gasteiger partial charge in [0.1, 0.15) is 0 Å². The van der Waals surface area contributed by atoms with Crippen LogP contribution in [0.4, 0.5) is 0 Å². The van der Waals surface area contributed by atoms with Crippen molar-refractivity contribution in [2.24, 2.45) is 0 Å². The predicted octanol–water partition coefficient (Wildman–Crippen LogP) is -2.61. The van der Waals surface area contributed by atoms with Crippen molar-refractivity contribution in [2.75, 3.05) is 0 Å². The molecule has 4 N–H and O–H groups in total. The molecule has 0 bridgehead atoms. The molecule has 0 aliphatic carbocycles. The van der Waals surface area contributed by atoms with E-state index in [-0.39, 0.29) is 17.1 Å². The standard InChI is InChI=1S/Mn.H4O4Si/c;1-5(2,3)4/h;1-4H. The van der Waals surface area contributed by atoms with Crippen LogP contribution in [0.1, 0.15) is 0 Å². The molecule has 0 aliphatic heterocycles. The molecule has 0 aromatic rings. The van der Waals surface area contributed by atoms with Gasteiger partial charge in [0.2, 0.25) is 0 Å². The molecule has 4 nitrogen and oxygen atoms in total. The SMILES string of the molecule is O[Si](O)(O)O.[Mn]. The Morgan fingerprint density at radius 2 is 0.833 bits per heavy atom. The maximum absolute atomic E-state index is 7.33. The van der Waals surface area contributed by atoms with Crippen LogP contribution in [-0.4, -0.2) is 28.2 Å². The van der Waals surface area contributed by atoms with E-state index in [1.165, 1.54) is 0 Å². The van der Waals surface area contributed by atoms with Gasteiger partial charge in [0.05, 0.1) is 0 Å². The zero-order valence-corrected chi connectivity index (χ0v) is 4.85. The Hall–Kier alpha value is 0.576. The Morgan fingerprint density at radius 1 is 0.833 bits per heavy atom. The maximum Gasteiger partial charge on any atom is 0.668 e. The van der Waals surface area contributed by atoms with Crippen LogP contribution in [0.5, 0.6) is 0 Å². The Balaban J connectivity index is 0. The Morgan fingerprint density at radius 3 is 0.833 bits per heavy atom. The van der Waals surface area contributed by atoms with E-state index in [9.17, 15) is 0 Å². The number of hydrogen-bond donors (Lipinski definition) is 4. The van der Waals surface area contributed by atoms with Crippen molar-refractivity contribution in [3.8, 4) is 0 Å². The second kappa shape index (κ2) is 2.70. The van der Waals surface area contributed by atoms with Gasteiger partial charge in [-0.15, -0.1) is 0 Å². The number of hydrogen-bond acceptors (Lipinski definition) is 4. The summed E-state index contributed by atoms with van der Waals surface area (Å²) in [4.78, 5) is 29.3. The molecule has 0 fully saturated rings. The van der Waals surface area contributed by atoms with E-state index in [0.29, 0.717) is 0 Å². The first-order valence-corrected chi connectivity index (χ1v) is 2.68. The molecule has 0 aliphatic rings. The van der Waals surface area contributed by atoms with Gasteiger partial charge >= 0.3 is 9.05 Å². The van der Waals surface area contributed by atoms with Gasteiger partial charge in [-0.25, -0.2) is 0 Å². The molecule has 0 aromatic carbocycles. The monoisotopic (exact) mass is 151 g/mol. The summed E-state index contributed by atoms with van der Waals surface area (Å²) >= 11 is 0. The van der Waals surface area contributed by atoms with E-state index < -0.39 is 9.05 Å².